The number of nitrogens with one attached hydrogen (secondary N) is 1. The van der Waals surface area contributed by atoms with Crippen LogP contribution in [0.4, 0.5) is 11.4 Å². The fourth-order valence-corrected chi connectivity index (χ4v) is 3.28. The van der Waals surface area contributed by atoms with Gasteiger partial charge in [-0.2, -0.15) is 10.2 Å². The van der Waals surface area contributed by atoms with E-state index < -0.39 is 0 Å². The van der Waals surface area contributed by atoms with E-state index in [-0.39, 0.29) is 18.0 Å². The molecule has 8 heteroatoms. The van der Waals surface area contributed by atoms with E-state index in [4.69, 9.17) is 0 Å². The minimum atomic E-state index is -0.371. The fourth-order valence-electron chi connectivity index (χ4n) is 3.28. The highest BCUT2D eigenvalue weighted by atomic mass is 16.2. The molecule has 0 radical (unpaired) electrons. The highest BCUT2D eigenvalue weighted by Gasteiger charge is 2.12. The molecule has 4 aromatic rings. The number of rotatable bonds is 6. The van der Waals surface area contributed by atoms with Gasteiger partial charge in [0, 0.05) is 31.0 Å². The molecule has 0 atom stereocenters. The highest BCUT2D eigenvalue weighted by molar-refractivity contribution is 5.90. The second-order valence-corrected chi connectivity index (χ2v) is 7.49. The van der Waals surface area contributed by atoms with Gasteiger partial charge in [0.1, 0.15) is 18.4 Å². The molecule has 31 heavy (non-hydrogen) atoms. The molecule has 0 bridgehead atoms. The molecule has 158 valence electrons. The number of anilines is 2. The smallest absolute Gasteiger partial charge is 0.293 e. The number of hydrogen-bond donors (Lipinski definition) is 1. The number of carbonyl (C=O) groups excluding carboxylic acids is 1. The first kappa shape index (κ1) is 20.3. The predicted molar refractivity (Wildman–Crippen MR) is 121 cm³/mol. The fraction of sp³-hybridized carbons (Fsp3) is 0.217. The van der Waals surface area contributed by atoms with Crippen LogP contribution in [0.3, 0.4) is 0 Å². The lowest BCUT2D eigenvalue weighted by Gasteiger charge is -2.13. The van der Waals surface area contributed by atoms with Crippen LogP contribution >= 0.6 is 0 Å². The van der Waals surface area contributed by atoms with E-state index in [1.165, 1.54) is 16.4 Å². The van der Waals surface area contributed by atoms with Crippen LogP contribution in [0.5, 0.6) is 0 Å². The molecule has 0 aliphatic rings. The molecule has 0 aliphatic carbocycles. The molecular weight excluding hydrogens is 392 g/mol. The van der Waals surface area contributed by atoms with Crippen LogP contribution in [0, 0.1) is 0 Å². The lowest BCUT2D eigenvalue weighted by molar-refractivity contribution is -0.117. The minimum Gasteiger partial charge on any atom is -0.378 e. The third-order valence-corrected chi connectivity index (χ3v) is 5.11. The van der Waals surface area contributed by atoms with E-state index in [0.717, 1.165) is 22.4 Å². The van der Waals surface area contributed by atoms with Crippen molar-refractivity contribution >= 4 is 22.8 Å². The lowest BCUT2D eigenvalue weighted by atomic mass is 10.1. The third kappa shape index (κ3) is 4.32. The Kier molecular flexibility index (Phi) is 5.53. The van der Waals surface area contributed by atoms with Crippen molar-refractivity contribution in [1.82, 2.24) is 19.4 Å². The predicted octanol–water partition coefficient (Wildman–Crippen LogP) is 2.83. The molecule has 0 spiro atoms. The number of amides is 1. The summed E-state index contributed by atoms with van der Waals surface area (Å²) in [5, 5.41) is 11.3. The summed E-state index contributed by atoms with van der Waals surface area (Å²) < 4.78 is 2.59. The molecule has 0 saturated carbocycles. The van der Waals surface area contributed by atoms with Crippen molar-refractivity contribution in [3.8, 4) is 11.3 Å². The summed E-state index contributed by atoms with van der Waals surface area (Å²) in [4.78, 5) is 27.2. The quantitative estimate of drug-likeness (QED) is 0.523. The largest absolute Gasteiger partial charge is 0.378 e. The van der Waals surface area contributed by atoms with E-state index in [2.05, 4.69) is 22.4 Å². The number of fused-ring (bicyclic) bond motifs is 1. The van der Waals surface area contributed by atoms with E-state index in [0.29, 0.717) is 16.9 Å². The van der Waals surface area contributed by atoms with Crippen molar-refractivity contribution in [2.45, 2.75) is 19.9 Å². The van der Waals surface area contributed by atoms with Crippen LogP contribution in [0.15, 0.2) is 65.7 Å². The maximum atomic E-state index is 12.8. The summed E-state index contributed by atoms with van der Waals surface area (Å²) in [7, 11) is 3.90. The van der Waals surface area contributed by atoms with Crippen molar-refractivity contribution in [3.63, 3.8) is 0 Å². The highest BCUT2D eigenvalue weighted by Crippen LogP contribution is 2.19. The summed E-state index contributed by atoms with van der Waals surface area (Å²) in [6.45, 7) is 1.92. The molecule has 2 heterocycles. The average molecular weight is 416 g/mol. The minimum absolute atomic E-state index is 0.184. The number of aryl methyl sites for hydroxylation is 1. The Bertz CT molecular complexity index is 1270. The summed E-state index contributed by atoms with van der Waals surface area (Å²) in [5.74, 6) is -0.327. The first-order chi connectivity index (χ1) is 14.9. The summed E-state index contributed by atoms with van der Waals surface area (Å²) >= 11 is 0. The SMILES string of the molecule is CCc1ccc(-c2cc3c(=O)n(CC(=O)Nc4ccc(N(C)C)cc4)ncn3n2)cc1. The van der Waals surface area contributed by atoms with Gasteiger partial charge in [-0.25, -0.2) is 9.20 Å². The molecule has 0 saturated heterocycles. The Morgan fingerprint density at radius 3 is 2.42 bits per heavy atom. The standard InChI is InChI=1S/C23H24N6O2/c1-4-16-5-7-17(8-6-16)20-13-21-23(31)28(24-15-29(21)26-20)14-22(30)25-18-9-11-19(12-10-18)27(2)3/h5-13,15H,4,14H2,1-3H3,(H,25,30). The van der Waals surface area contributed by atoms with Gasteiger partial charge < -0.3 is 10.2 Å². The van der Waals surface area contributed by atoms with Gasteiger partial charge >= 0.3 is 0 Å². The van der Waals surface area contributed by atoms with Gasteiger partial charge in [0.15, 0.2) is 0 Å². The average Bonchev–Trinajstić information content (AvgIpc) is 3.21. The van der Waals surface area contributed by atoms with E-state index >= 15 is 0 Å². The zero-order chi connectivity index (χ0) is 22.0. The molecule has 8 nitrogen and oxygen atoms in total. The van der Waals surface area contributed by atoms with Crippen molar-refractivity contribution < 1.29 is 4.79 Å². The second kappa shape index (κ2) is 8.43. The van der Waals surface area contributed by atoms with Crippen LogP contribution in [-0.2, 0) is 17.8 Å². The maximum Gasteiger partial charge on any atom is 0.293 e. The number of hydrogen-bond acceptors (Lipinski definition) is 5. The Morgan fingerprint density at radius 2 is 1.77 bits per heavy atom. The first-order valence-electron chi connectivity index (χ1n) is 10.1. The van der Waals surface area contributed by atoms with E-state index in [9.17, 15) is 9.59 Å². The van der Waals surface area contributed by atoms with Gasteiger partial charge in [-0.15, -0.1) is 0 Å². The second-order valence-electron chi connectivity index (χ2n) is 7.49. The van der Waals surface area contributed by atoms with Gasteiger partial charge in [-0.3, -0.25) is 9.59 Å². The molecule has 2 aromatic heterocycles. The Labute approximate surface area is 179 Å². The topological polar surface area (TPSA) is 84.5 Å². The van der Waals surface area contributed by atoms with Gasteiger partial charge in [-0.05, 0) is 42.3 Å². The van der Waals surface area contributed by atoms with Crippen LogP contribution < -0.4 is 15.8 Å². The van der Waals surface area contributed by atoms with Crippen molar-refractivity contribution in [2.75, 3.05) is 24.3 Å². The summed E-state index contributed by atoms with van der Waals surface area (Å²) in [5.41, 5.74) is 4.53. The zero-order valence-corrected chi connectivity index (χ0v) is 17.7. The number of nitrogens with zero attached hydrogens (tertiary/aromatic N) is 5. The van der Waals surface area contributed by atoms with Crippen molar-refractivity contribution in [2.24, 2.45) is 0 Å². The molecule has 0 unspecified atom stereocenters. The maximum absolute atomic E-state index is 12.8. The molecule has 0 aliphatic heterocycles. The van der Waals surface area contributed by atoms with Gasteiger partial charge in [0.05, 0.1) is 5.69 Å². The lowest BCUT2D eigenvalue weighted by Crippen LogP contribution is -2.30. The van der Waals surface area contributed by atoms with Crippen LogP contribution in [-0.4, -0.2) is 39.4 Å². The summed E-state index contributed by atoms with van der Waals surface area (Å²) in [6, 6.07) is 17.2. The zero-order valence-electron chi connectivity index (χ0n) is 17.7. The number of benzene rings is 2. The number of aromatic nitrogens is 4. The molecule has 1 N–H and O–H groups in total. The van der Waals surface area contributed by atoms with Crippen molar-refractivity contribution in [3.05, 3.63) is 76.8 Å². The van der Waals surface area contributed by atoms with Gasteiger partial charge in [0.25, 0.3) is 5.56 Å². The van der Waals surface area contributed by atoms with Gasteiger partial charge in [-0.1, -0.05) is 31.2 Å². The Balaban J connectivity index is 1.53. The monoisotopic (exact) mass is 416 g/mol. The molecule has 1 amide bonds. The molecule has 2 aromatic carbocycles. The van der Waals surface area contributed by atoms with E-state index in [1.54, 1.807) is 6.07 Å². The normalized spacial score (nSPS) is 10.9. The van der Waals surface area contributed by atoms with Crippen LogP contribution in [0.25, 0.3) is 16.8 Å². The first-order valence-corrected chi connectivity index (χ1v) is 10.1. The van der Waals surface area contributed by atoms with Crippen LogP contribution in [0.2, 0.25) is 0 Å². The van der Waals surface area contributed by atoms with E-state index in [1.807, 2.05) is 67.5 Å². The molecular formula is C23H24N6O2. The Morgan fingerprint density at radius 1 is 1.06 bits per heavy atom. The molecule has 0 fully saturated rings. The summed E-state index contributed by atoms with van der Waals surface area (Å²) in [6.07, 6.45) is 2.40. The molecule has 4 rings (SSSR count). The third-order valence-electron chi connectivity index (χ3n) is 5.11. The van der Waals surface area contributed by atoms with Gasteiger partial charge in [0.2, 0.25) is 5.91 Å². The van der Waals surface area contributed by atoms with Crippen molar-refractivity contribution in [1.29, 1.82) is 0 Å². The Hall–Kier alpha value is -3.94. The van der Waals surface area contributed by atoms with Crippen LogP contribution in [0.1, 0.15) is 12.5 Å². The number of carbonyl (C=O) groups is 1.